The third kappa shape index (κ3) is 3.66. The van der Waals surface area contributed by atoms with E-state index in [1.807, 2.05) is 6.07 Å². The van der Waals surface area contributed by atoms with Gasteiger partial charge in [-0.1, -0.05) is 18.2 Å². The summed E-state index contributed by atoms with van der Waals surface area (Å²) < 4.78 is 43.1. The van der Waals surface area contributed by atoms with Gasteiger partial charge in [0.15, 0.2) is 0 Å². The van der Waals surface area contributed by atoms with Gasteiger partial charge in [0.1, 0.15) is 18.1 Å². The Bertz CT molecular complexity index is 690. The average Bonchev–Trinajstić information content (AvgIpc) is 2.44. The summed E-state index contributed by atoms with van der Waals surface area (Å²) in [5, 5.41) is 18.2. The average molecular weight is 293 g/mol. The van der Waals surface area contributed by atoms with E-state index in [4.69, 9.17) is 10.00 Å². The van der Waals surface area contributed by atoms with E-state index in [1.54, 1.807) is 24.3 Å². The van der Waals surface area contributed by atoms with Crippen LogP contribution in [0.25, 0.3) is 0 Å². The number of benzene rings is 2. The molecule has 3 nitrogen and oxygen atoms in total. The molecule has 108 valence electrons. The largest absolute Gasteiger partial charge is 0.508 e. The molecule has 0 aliphatic carbocycles. The number of phenolic OH excluding ortho intramolecular Hbond substituents is 1. The molecule has 0 unspecified atom stereocenters. The fourth-order valence-electron chi connectivity index (χ4n) is 1.75. The van der Waals surface area contributed by atoms with Gasteiger partial charge in [-0.2, -0.15) is 18.4 Å². The van der Waals surface area contributed by atoms with Gasteiger partial charge in [0, 0.05) is 11.6 Å². The minimum atomic E-state index is -4.57. The molecule has 21 heavy (non-hydrogen) atoms. The summed E-state index contributed by atoms with van der Waals surface area (Å²) in [6.07, 6.45) is -4.57. The number of halogens is 3. The third-order valence-electron chi connectivity index (χ3n) is 2.75. The first kappa shape index (κ1) is 14.7. The molecule has 0 saturated carbocycles. The van der Waals surface area contributed by atoms with Crippen molar-refractivity contribution in [3.63, 3.8) is 0 Å². The van der Waals surface area contributed by atoms with E-state index < -0.39 is 17.5 Å². The van der Waals surface area contributed by atoms with E-state index in [2.05, 4.69) is 0 Å². The Morgan fingerprint density at radius 3 is 2.52 bits per heavy atom. The highest BCUT2D eigenvalue weighted by Gasteiger charge is 2.31. The van der Waals surface area contributed by atoms with Crippen LogP contribution in [0.4, 0.5) is 13.2 Å². The molecular weight excluding hydrogens is 283 g/mol. The molecule has 0 spiro atoms. The third-order valence-corrected chi connectivity index (χ3v) is 2.75. The van der Waals surface area contributed by atoms with Crippen molar-refractivity contribution in [1.29, 1.82) is 5.26 Å². The van der Waals surface area contributed by atoms with Crippen molar-refractivity contribution in [1.82, 2.24) is 0 Å². The molecule has 0 fully saturated rings. The number of hydrogen-bond acceptors (Lipinski definition) is 3. The number of nitriles is 1. The smallest absolute Gasteiger partial charge is 0.416 e. The Morgan fingerprint density at radius 2 is 1.86 bits per heavy atom. The zero-order chi connectivity index (χ0) is 15.5. The maximum absolute atomic E-state index is 12.6. The first-order valence-corrected chi connectivity index (χ1v) is 5.92. The van der Waals surface area contributed by atoms with Crippen molar-refractivity contribution < 1.29 is 23.0 Å². The minimum Gasteiger partial charge on any atom is -0.508 e. The second-order valence-corrected chi connectivity index (χ2v) is 4.27. The lowest BCUT2D eigenvalue weighted by Crippen LogP contribution is -2.05. The van der Waals surface area contributed by atoms with Crippen molar-refractivity contribution in [3.05, 3.63) is 59.2 Å². The number of aromatic hydroxyl groups is 1. The zero-order valence-corrected chi connectivity index (χ0v) is 10.7. The number of rotatable bonds is 3. The molecule has 0 atom stereocenters. The molecule has 0 aromatic heterocycles. The van der Waals surface area contributed by atoms with Crippen molar-refractivity contribution in [2.75, 3.05) is 0 Å². The Kier molecular flexibility index (Phi) is 4.03. The van der Waals surface area contributed by atoms with Gasteiger partial charge in [-0.15, -0.1) is 0 Å². The molecule has 0 amide bonds. The minimum absolute atomic E-state index is 0.0650. The van der Waals surface area contributed by atoms with Gasteiger partial charge in [0.2, 0.25) is 0 Å². The van der Waals surface area contributed by atoms with Gasteiger partial charge in [-0.3, -0.25) is 0 Å². The van der Waals surface area contributed by atoms with E-state index in [0.29, 0.717) is 17.2 Å². The van der Waals surface area contributed by atoms with Crippen molar-refractivity contribution >= 4 is 0 Å². The lowest BCUT2D eigenvalue weighted by Gasteiger charge is -2.11. The fourth-order valence-corrected chi connectivity index (χ4v) is 1.75. The highest BCUT2D eigenvalue weighted by Crippen LogP contribution is 2.34. The van der Waals surface area contributed by atoms with Crippen LogP contribution in [0.3, 0.4) is 0 Å². The zero-order valence-electron chi connectivity index (χ0n) is 10.7. The van der Waals surface area contributed by atoms with E-state index in [9.17, 15) is 18.3 Å². The Labute approximate surface area is 118 Å². The summed E-state index contributed by atoms with van der Waals surface area (Å²) in [5.41, 5.74) is -0.0586. The molecule has 0 heterocycles. The molecule has 0 aliphatic rings. The molecule has 0 saturated heterocycles. The van der Waals surface area contributed by atoms with Gasteiger partial charge in [-0.25, -0.2) is 0 Å². The summed E-state index contributed by atoms with van der Waals surface area (Å²) in [4.78, 5) is 0. The molecule has 0 radical (unpaired) electrons. The van der Waals surface area contributed by atoms with Crippen molar-refractivity contribution in [2.45, 2.75) is 12.8 Å². The van der Waals surface area contributed by atoms with E-state index >= 15 is 0 Å². The van der Waals surface area contributed by atoms with Crippen LogP contribution in [-0.2, 0) is 12.8 Å². The van der Waals surface area contributed by atoms with Crippen LogP contribution in [0.5, 0.6) is 11.5 Å². The standard InChI is InChI=1S/C15H10F3NO2/c16-15(17,18)12-5-13(20)7-14(6-12)21-9-11-4-2-1-3-10(11)8-19/h1-7,20H,9H2. The normalized spacial score (nSPS) is 11.0. The quantitative estimate of drug-likeness (QED) is 0.934. The number of phenols is 1. The van der Waals surface area contributed by atoms with Crippen molar-refractivity contribution in [3.8, 4) is 17.6 Å². The van der Waals surface area contributed by atoms with Gasteiger partial charge >= 0.3 is 6.18 Å². The first-order chi connectivity index (χ1) is 9.90. The highest BCUT2D eigenvalue weighted by atomic mass is 19.4. The van der Waals surface area contributed by atoms with Crippen LogP contribution in [0.15, 0.2) is 42.5 Å². The maximum atomic E-state index is 12.6. The van der Waals surface area contributed by atoms with Gasteiger partial charge in [0.05, 0.1) is 17.2 Å². The monoisotopic (exact) mass is 293 g/mol. The summed E-state index contributed by atoms with van der Waals surface area (Å²) >= 11 is 0. The van der Waals surface area contributed by atoms with E-state index in [0.717, 1.165) is 12.1 Å². The van der Waals surface area contributed by atoms with E-state index in [-0.39, 0.29) is 12.4 Å². The summed E-state index contributed by atoms with van der Waals surface area (Å²) in [6.45, 7) is -0.0650. The van der Waals surface area contributed by atoms with E-state index in [1.165, 1.54) is 0 Å². The predicted octanol–water partition coefficient (Wildman–Crippen LogP) is 3.86. The van der Waals surface area contributed by atoms with Crippen LogP contribution >= 0.6 is 0 Å². The van der Waals surface area contributed by atoms with Crippen LogP contribution in [0, 0.1) is 11.3 Å². The lowest BCUT2D eigenvalue weighted by atomic mass is 10.1. The highest BCUT2D eigenvalue weighted by molar-refractivity contribution is 5.40. The molecule has 1 N–H and O–H groups in total. The van der Waals surface area contributed by atoms with Gasteiger partial charge in [0.25, 0.3) is 0 Å². The fraction of sp³-hybridized carbons (Fsp3) is 0.133. The molecule has 6 heteroatoms. The number of nitrogens with zero attached hydrogens (tertiary/aromatic N) is 1. The maximum Gasteiger partial charge on any atom is 0.416 e. The van der Waals surface area contributed by atoms with Gasteiger partial charge in [-0.05, 0) is 18.2 Å². The predicted molar refractivity (Wildman–Crippen MR) is 68.6 cm³/mol. The molecule has 2 aromatic rings. The summed E-state index contributed by atoms with van der Waals surface area (Å²) in [7, 11) is 0. The summed E-state index contributed by atoms with van der Waals surface area (Å²) in [5.74, 6) is -0.650. The van der Waals surface area contributed by atoms with Crippen LogP contribution in [-0.4, -0.2) is 5.11 Å². The van der Waals surface area contributed by atoms with Gasteiger partial charge < -0.3 is 9.84 Å². The number of ether oxygens (including phenoxy) is 1. The summed E-state index contributed by atoms with van der Waals surface area (Å²) in [6, 6.07) is 11.1. The number of alkyl halides is 3. The molecule has 0 bridgehead atoms. The van der Waals surface area contributed by atoms with Crippen LogP contribution < -0.4 is 4.74 Å². The topological polar surface area (TPSA) is 53.2 Å². The molecule has 2 aromatic carbocycles. The second-order valence-electron chi connectivity index (χ2n) is 4.27. The number of hydrogen-bond donors (Lipinski definition) is 1. The van der Waals surface area contributed by atoms with Crippen molar-refractivity contribution in [2.24, 2.45) is 0 Å². The SMILES string of the molecule is N#Cc1ccccc1COc1cc(O)cc(C(F)(F)F)c1. The second kappa shape index (κ2) is 5.75. The molecule has 0 aliphatic heterocycles. The molecule has 2 rings (SSSR count). The Balaban J connectivity index is 2.21. The van der Waals surface area contributed by atoms with Crippen LogP contribution in [0.2, 0.25) is 0 Å². The van der Waals surface area contributed by atoms with Crippen LogP contribution in [0.1, 0.15) is 16.7 Å². The Hall–Kier alpha value is -2.68. The lowest BCUT2D eigenvalue weighted by molar-refractivity contribution is -0.137. The molecular formula is C15H10F3NO2. The first-order valence-electron chi connectivity index (χ1n) is 5.92. The Morgan fingerprint density at radius 1 is 1.14 bits per heavy atom.